The molecule has 4 rings (SSSR count). The zero-order valence-electron chi connectivity index (χ0n) is 16.1. The number of carbonyl (C=O) groups is 1. The molecule has 2 aliphatic rings. The van der Waals surface area contributed by atoms with Crippen LogP contribution in [0.1, 0.15) is 34.0 Å². The number of pyridine rings is 1. The first-order valence-electron chi connectivity index (χ1n) is 9.54. The second-order valence-electron chi connectivity index (χ2n) is 7.24. The van der Waals surface area contributed by atoms with Crippen molar-refractivity contribution in [3.63, 3.8) is 0 Å². The molecule has 31 heavy (non-hydrogen) atoms. The summed E-state index contributed by atoms with van der Waals surface area (Å²) in [6.45, 7) is 0.282. The number of fused-ring (bicyclic) bond motifs is 1. The molecular formula is C22H17F5N2O2. The number of hydrogen-bond acceptors (Lipinski definition) is 3. The van der Waals surface area contributed by atoms with Crippen LogP contribution in [0.15, 0.2) is 60.1 Å². The molecule has 0 fully saturated rings. The number of carbonyl (C=O) groups excluding carboxylic acids is 1. The molecule has 1 amide bonds. The molecule has 0 saturated carbocycles. The first-order valence-corrected chi connectivity index (χ1v) is 9.54. The topological polar surface area (TPSA) is 42.4 Å². The maximum atomic E-state index is 14.5. The van der Waals surface area contributed by atoms with Gasteiger partial charge in [0, 0.05) is 12.1 Å². The highest BCUT2D eigenvalue weighted by Gasteiger charge is 2.36. The van der Waals surface area contributed by atoms with Gasteiger partial charge >= 0.3 is 6.18 Å². The number of aromatic nitrogens is 1. The molecule has 0 saturated heterocycles. The Balaban J connectivity index is 1.61. The minimum atomic E-state index is -4.62. The summed E-state index contributed by atoms with van der Waals surface area (Å²) in [6, 6.07) is 7.15. The van der Waals surface area contributed by atoms with Gasteiger partial charge in [-0.3, -0.25) is 9.78 Å². The number of halogens is 5. The summed E-state index contributed by atoms with van der Waals surface area (Å²) in [4.78, 5) is 18.4. The highest BCUT2D eigenvalue weighted by Crippen LogP contribution is 2.40. The number of ether oxygens (including phenoxy) is 1. The fraction of sp³-hybridized carbons (Fsp3) is 0.273. The van der Waals surface area contributed by atoms with E-state index in [1.807, 2.05) is 0 Å². The third-order valence-electron chi connectivity index (χ3n) is 5.24. The Morgan fingerprint density at radius 2 is 2.00 bits per heavy atom. The predicted molar refractivity (Wildman–Crippen MR) is 102 cm³/mol. The number of nitrogens with zero attached hydrogens (tertiary/aromatic N) is 2. The van der Waals surface area contributed by atoms with Crippen LogP contribution in [0.2, 0.25) is 0 Å². The van der Waals surface area contributed by atoms with Crippen molar-refractivity contribution >= 4 is 5.91 Å². The molecule has 0 radical (unpaired) electrons. The van der Waals surface area contributed by atoms with Gasteiger partial charge in [-0.25, -0.2) is 8.78 Å². The largest absolute Gasteiger partial charge is 0.491 e. The maximum absolute atomic E-state index is 14.5. The van der Waals surface area contributed by atoms with Crippen molar-refractivity contribution in [3.8, 4) is 5.75 Å². The second kappa shape index (κ2) is 8.13. The molecule has 1 aliphatic carbocycles. The Bertz CT molecular complexity index is 1080. The number of rotatable bonds is 3. The minimum Gasteiger partial charge on any atom is -0.491 e. The quantitative estimate of drug-likeness (QED) is 0.630. The van der Waals surface area contributed by atoms with Gasteiger partial charge in [-0.1, -0.05) is 12.1 Å². The van der Waals surface area contributed by atoms with Crippen LogP contribution < -0.4 is 4.74 Å². The molecule has 1 aromatic carbocycles. The first kappa shape index (κ1) is 21.0. The van der Waals surface area contributed by atoms with E-state index < -0.39 is 35.2 Å². The van der Waals surface area contributed by atoms with E-state index in [2.05, 4.69) is 4.98 Å². The summed E-state index contributed by atoms with van der Waals surface area (Å²) in [6.07, 6.45) is -1.97. The Kier molecular flexibility index (Phi) is 5.51. The van der Waals surface area contributed by atoms with Gasteiger partial charge in [-0.05, 0) is 42.3 Å². The molecule has 0 spiro atoms. The summed E-state index contributed by atoms with van der Waals surface area (Å²) >= 11 is 0. The van der Waals surface area contributed by atoms with Crippen LogP contribution in [0.25, 0.3) is 0 Å². The molecule has 4 nitrogen and oxygen atoms in total. The zero-order chi connectivity index (χ0) is 22.2. The first-order chi connectivity index (χ1) is 14.7. The molecular weight excluding hydrogens is 419 g/mol. The van der Waals surface area contributed by atoms with Crippen LogP contribution in [0.3, 0.4) is 0 Å². The summed E-state index contributed by atoms with van der Waals surface area (Å²) in [5.74, 6) is -2.58. The summed E-state index contributed by atoms with van der Waals surface area (Å²) in [5, 5.41) is 0. The van der Waals surface area contributed by atoms with Crippen molar-refractivity contribution in [2.75, 3.05) is 13.2 Å². The van der Waals surface area contributed by atoms with Crippen LogP contribution in [0, 0.1) is 5.82 Å². The van der Waals surface area contributed by atoms with E-state index in [-0.39, 0.29) is 43.1 Å². The summed E-state index contributed by atoms with van der Waals surface area (Å²) in [7, 11) is 0. The Morgan fingerprint density at radius 1 is 1.19 bits per heavy atom. The monoisotopic (exact) mass is 436 g/mol. The molecule has 2 aromatic rings. The lowest BCUT2D eigenvalue weighted by Crippen LogP contribution is -2.32. The highest BCUT2D eigenvalue weighted by atomic mass is 19.4. The number of amides is 1. The van der Waals surface area contributed by atoms with Gasteiger partial charge in [-0.2, -0.15) is 13.2 Å². The van der Waals surface area contributed by atoms with Gasteiger partial charge in [0.2, 0.25) is 0 Å². The smallest absolute Gasteiger partial charge is 0.416 e. The van der Waals surface area contributed by atoms with Crippen molar-refractivity contribution in [1.82, 2.24) is 9.88 Å². The van der Waals surface area contributed by atoms with Crippen molar-refractivity contribution in [2.24, 2.45) is 0 Å². The fourth-order valence-corrected chi connectivity index (χ4v) is 3.62. The van der Waals surface area contributed by atoms with E-state index in [0.717, 1.165) is 6.08 Å². The van der Waals surface area contributed by atoms with Crippen molar-refractivity contribution in [3.05, 3.63) is 82.7 Å². The van der Waals surface area contributed by atoms with Crippen LogP contribution >= 0.6 is 0 Å². The van der Waals surface area contributed by atoms with Gasteiger partial charge in [0.1, 0.15) is 24.0 Å². The number of benzene rings is 1. The molecule has 2 heterocycles. The predicted octanol–water partition coefficient (Wildman–Crippen LogP) is 5.08. The number of alkyl halides is 3. The van der Waals surface area contributed by atoms with Crippen molar-refractivity contribution < 1.29 is 31.5 Å². The van der Waals surface area contributed by atoms with E-state index >= 15 is 0 Å². The van der Waals surface area contributed by atoms with Crippen LogP contribution in [0.4, 0.5) is 22.0 Å². The molecule has 1 aliphatic heterocycles. The number of allylic oxidation sites excluding steroid dienone is 4. The van der Waals surface area contributed by atoms with Crippen molar-refractivity contribution in [2.45, 2.75) is 25.1 Å². The zero-order valence-corrected chi connectivity index (χ0v) is 16.1. The van der Waals surface area contributed by atoms with Gasteiger partial charge in [0.15, 0.2) is 0 Å². The third kappa shape index (κ3) is 4.30. The SMILES string of the molecule is O=C1c2cc(C3CC=C(C(F)(F)F)C=C3F)ccc2OCCN1Cc1ncccc1F. The van der Waals surface area contributed by atoms with Crippen LogP contribution in [-0.2, 0) is 6.54 Å². The Labute approximate surface area is 174 Å². The lowest BCUT2D eigenvalue weighted by Gasteiger charge is -2.22. The van der Waals surface area contributed by atoms with Crippen LogP contribution in [0.5, 0.6) is 5.75 Å². The van der Waals surface area contributed by atoms with Gasteiger partial charge in [0.05, 0.1) is 29.9 Å². The highest BCUT2D eigenvalue weighted by molar-refractivity contribution is 5.97. The molecule has 162 valence electrons. The van der Waals surface area contributed by atoms with E-state index in [1.165, 1.54) is 41.4 Å². The molecule has 0 bridgehead atoms. The molecule has 0 N–H and O–H groups in total. The third-order valence-corrected chi connectivity index (χ3v) is 5.24. The fourth-order valence-electron chi connectivity index (χ4n) is 3.62. The van der Waals surface area contributed by atoms with Gasteiger partial charge in [0.25, 0.3) is 5.91 Å². The molecule has 1 atom stereocenters. The molecule has 9 heteroatoms. The average molecular weight is 436 g/mol. The molecule has 1 aromatic heterocycles. The lowest BCUT2D eigenvalue weighted by molar-refractivity contribution is -0.0889. The second-order valence-corrected chi connectivity index (χ2v) is 7.24. The normalized spacial score (nSPS) is 19.2. The van der Waals surface area contributed by atoms with Crippen molar-refractivity contribution in [1.29, 1.82) is 0 Å². The standard InChI is InChI=1S/C22H17F5N2O2/c23-17-2-1-7-28-19(17)12-29-8-9-31-20-6-3-13(10-16(20)21(29)30)15-5-4-14(11-18(15)24)22(25,26)27/h1-4,6-7,10-11,15H,5,8-9,12H2. The van der Waals surface area contributed by atoms with E-state index in [1.54, 1.807) is 0 Å². The average Bonchev–Trinajstić information content (AvgIpc) is 2.88. The maximum Gasteiger partial charge on any atom is 0.416 e. The lowest BCUT2D eigenvalue weighted by atomic mass is 9.88. The summed E-state index contributed by atoms with van der Waals surface area (Å²) in [5.41, 5.74) is -0.432. The molecule has 1 unspecified atom stereocenters. The van der Waals surface area contributed by atoms with E-state index in [9.17, 15) is 26.7 Å². The minimum absolute atomic E-state index is 0.0755. The van der Waals surface area contributed by atoms with E-state index in [4.69, 9.17) is 4.74 Å². The van der Waals surface area contributed by atoms with Gasteiger partial charge in [-0.15, -0.1) is 0 Å². The van der Waals surface area contributed by atoms with Crippen LogP contribution in [-0.4, -0.2) is 35.1 Å². The van der Waals surface area contributed by atoms with Gasteiger partial charge < -0.3 is 9.64 Å². The number of hydrogen-bond donors (Lipinski definition) is 0. The Hall–Kier alpha value is -3.23. The summed E-state index contributed by atoms with van der Waals surface area (Å²) < 4.78 is 72.6. The Morgan fingerprint density at radius 3 is 2.71 bits per heavy atom. The van der Waals surface area contributed by atoms with E-state index in [0.29, 0.717) is 11.6 Å².